The molecule has 2 unspecified atom stereocenters. The zero-order valence-corrected chi connectivity index (χ0v) is 14.6. The van der Waals surface area contributed by atoms with Crippen molar-refractivity contribution in [2.75, 3.05) is 12.4 Å². The molecular formula is C23H24N2. The first-order valence-electron chi connectivity index (χ1n) is 8.98. The average molecular weight is 328 g/mol. The highest BCUT2D eigenvalue weighted by Crippen LogP contribution is 2.35. The molecule has 0 saturated carbocycles. The third-order valence-electron chi connectivity index (χ3n) is 5.17. The zero-order valence-electron chi connectivity index (χ0n) is 14.6. The highest BCUT2D eigenvalue weighted by molar-refractivity contribution is 5.56. The first kappa shape index (κ1) is 15.9. The van der Waals surface area contributed by atoms with E-state index in [0.29, 0.717) is 12.1 Å². The molecule has 0 amide bonds. The molecule has 0 aliphatic heterocycles. The van der Waals surface area contributed by atoms with E-state index >= 15 is 0 Å². The normalized spacial score (nSPS) is 18.8. The molecule has 1 aliphatic carbocycles. The van der Waals surface area contributed by atoms with Gasteiger partial charge in [0.05, 0.1) is 6.04 Å². The standard InChI is InChI=1S/C23H24N2/c1-24-22-16-18-11-5-7-13-20(18)23(22)25-21-14-8-6-12-19(21)15-17-9-3-2-4-10-17/h2-14,22-25H,15-16H2,1H3. The predicted octanol–water partition coefficient (Wildman–Crippen LogP) is 4.57. The molecule has 126 valence electrons. The summed E-state index contributed by atoms with van der Waals surface area (Å²) in [5.41, 5.74) is 6.77. The van der Waals surface area contributed by atoms with Gasteiger partial charge < -0.3 is 10.6 Å². The number of para-hydroxylation sites is 1. The van der Waals surface area contributed by atoms with Crippen LogP contribution in [-0.2, 0) is 12.8 Å². The van der Waals surface area contributed by atoms with Crippen LogP contribution in [0.15, 0.2) is 78.9 Å². The molecule has 4 rings (SSSR count). The SMILES string of the molecule is CNC1Cc2ccccc2C1Nc1ccccc1Cc1ccccc1. The van der Waals surface area contributed by atoms with E-state index in [2.05, 4.69) is 96.5 Å². The Morgan fingerprint density at radius 2 is 1.56 bits per heavy atom. The van der Waals surface area contributed by atoms with Crippen LogP contribution in [0.5, 0.6) is 0 Å². The molecule has 1 aliphatic rings. The zero-order chi connectivity index (χ0) is 17.1. The smallest absolute Gasteiger partial charge is 0.0672 e. The van der Waals surface area contributed by atoms with Crippen molar-refractivity contribution >= 4 is 5.69 Å². The number of nitrogens with one attached hydrogen (secondary N) is 2. The fourth-order valence-electron chi connectivity index (χ4n) is 3.84. The summed E-state index contributed by atoms with van der Waals surface area (Å²) in [6.07, 6.45) is 2.02. The van der Waals surface area contributed by atoms with E-state index in [1.165, 1.54) is 27.9 Å². The van der Waals surface area contributed by atoms with Gasteiger partial charge in [-0.1, -0.05) is 72.8 Å². The molecule has 25 heavy (non-hydrogen) atoms. The quantitative estimate of drug-likeness (QED) is 0.716. The van der Waals surface area contributed by atoms with Crippen LogP contribution in [0.25, 0.3) is 0 Å². The molecular weight excluding hydrogens is 304 g/mol. The van der Waals surface area contributed by atoms with E-state index in [1.807, 2.05) is 0 Å². The van der Waals surface area contributed by atoms with Crippen molar-refractivity contribution in [3.8, 4) is 0 Å². The van der Waals surface area contributed by atoms with Crippen molar-refractivity contribution in [2.45, 2.75) is 24.9 Å². The topological polar surface area (TPSA) is 24.1 Å². The number of fused-ring (bicyclic) bond motifs is 1. The Morgan fingerprint density at radius 1 is 0.840 bits per heavy atom. The maximum Gasteiger partial charge on any atom is 0.0672 e. The molecule has 0 spiro atoms. The van der Waals surface area contributed by atoms with Gasteiger partial charge >= 0.3 is 0 Å². The largest absolute Gasteiger partial charge is 0.376 e. The summed E-state index contributed by atoms with van der Waals surface area (Å²) in [5.74, 6) is 0. The lowest BCUT2D eigenvalue weighted by Gasteiger charge is -2.24. The van der Waals surface area contributed by atoms with Crippen molar-refractivity contribution < 1.29 is 0 Å². The third-order valence-corrected chi connectivity index (χ3v) is 5.17. The van der Waals surface area contributed by atoms with Gasteiger partial charge in [-0.05, 0) is 48.2 Å². The van der Waals surface area contributed by atoms with Gasteiger partial charge in [-0.25, -0.2) is 0 Å². The van der Waals surface area contributed by atoms with E-state index in [-0.39, 0.29) is 0 Å². The summed E-state index contributed by atoms with van der Waals surface area (Å²) in [5, 5.41) is 7.31. The molecule has 0 radical (unpaired) electrons. The van der Waals surface area contributed by atoms with Crippen molar-refractivity contribution in [1.82, 2.24) is 5.32 Å². The molecule has 2 N–H and O–H groups in total. The molecule has 2 nitrogen and oxygen atoms in total. The van der Waals surface area contributed by atoms with Gasteiger partial charge in [0.25, 0.3) is 0 Å². The Kier molecular flexibility index (Phi) is 4.53. The van der Waals surface area contributed by atoms with E-state index in [0.717, 1.165) is 12.8 Å². The first-order valence-corrected chi connectivity index (χ1v) is 8.98. The van der Waals surface area contributed by atoms with Crippen LogP contribution in [-0.4, -0.2) is 13.1 Å². The Bertz CT molecular complexity index is 841. The van der Waals surface area contributed by atoms with Crippen LogP contribution in [0.2, 0.25) is 0 Å². The average Bonchev–Trinajstić information content (AvgIpc) is 3.02. The molecule has 0 aromatic heterocycles. The van der Waals surface area contributed by atoms with Crippen LogP contribution in [0.1, 0.15) is 28.3 Å². The lowest BCUT2D eigenvalue weighted by Crippen LogP contribution is -2.33. The minimum atomic E-state index is 0.304. The number of hydrogen-bond donors (Lipinski definition) is 2. The van der Waals surface area contributed by atoms with E-state index < -0.39 is 0 Å². The van der Waals surface area contributed by atoms with E-state index in [9.17, 15) is 0 Å². The molecule has 0 saturated heterocycles. The van der Waals surface area contributed by atoms with Crippen LogP contribution >= 0.6 is 0 Å². The Hall–Kier alpha value is -2.58. The Labute approximate surface area is 149 Å². The summed E-state index contributed by atoms with van der Waals surface area (Å²) in [4.78, 5) is 0. The predicted molar refractivity (Wildman–Crippen MR) is 105 cm³/mol. The highest BCUT2D eigenvalue weighted by Gasteiger charge is 2.31. The highest BCUT2D eigenvalue weighted by atomic mass is 15.0. The second kappa shape index (κ2) is 7.12. The molecule has 3 aromatic rings. The number of anilines is 1. The maximum atomic E-state index is 3.82. The van der Waals surface area contributed by atoms with Crippen LogP contribution in [0.4, 0.5) is 5.69 Å². The molecule has 0 fully saturated rings. The molecule has 2 atom stereocenters. The van der Waals surface area contributed by atoms with Gasteiger partial charge in [-0.3, -0.25) is 0 Å². The minimum absolute atomic E-state index is 0.304. The summed E-state index contributed by atoms with van der Waals surface area (Å²) in [6, 6.07) is 28.8. The van der Waals surface area contributed by atoms with Crippen molar-refractivity contribution in [2.24, 2.45) is 0 Å². The number of rotatable bonds is 5. The first-order chi connectivity index (χ1) is 12.3. The van der Waals surface area contributed by atoms with Crippen LogP contribution in [0, 0.1) is 0 Å². The van der Waals surface area contributed by atoms with E-state index in [1.54, 1.807) is 0 Å². The Balaban J connectivity index is 1.63. The van der Waals surface area contributed by atoms with Gasteiger partial charge in [0.1, 0.15) is 0 Å². The van der Waals surface area contributed by atoms with Crippen molar-refractivity contribution in [3.63, 3.8) is 0 Å². The van der Waals surface area contributed by atoms with Gasteiger partial charge in [0.2, 0.25) is 0 Å². The monoisotopic (exact) mass is 328 g/mol. The summed E-state index contributed by atoms with van der Waals surface area (Å²) < 4.78 is 0. The Morgan fingerprint density at radius 3 is 2.40 bits per heavy atom. The summed E-state index contributed by atoms with van der Waals surface area (Å²) in [6.45, 7) is 0. The van der Waals surface area contributed by atoms with Crippen LogP contribution < -0.4 is 10.6 Å². The van der Waals surface area contributed by atoms with Crippen molar-refractivity contribution in [1.29, 1.82) is 0 Å². The number of likely N-dealkylation sites (N-methyl/N-ethyl adjacent to an activating group) is 1. The molecule has 0 bridgehead atoms. The van der Waals surface area contributed by atoms with Gasteiger partial charge in [-0.2, -0.15) is 0 Å². The second-order valence-electron chi connectivity index (χ2n) is 6.74. The lowest BCUT2D eigenvalue weighted by atomic mass is 10.0. The van der Waals surface area contributed by atoms with E-state index in [4.69, 9.17) is 0 Å². The van der Waals surface area contributed by atoms with Gasteiger partial charge in [-0.15, -0.1) is 0 Å². The molecule has 0 heterocycles. The summed E-state index contributed by atoms with van der Waals surface area (Å²) >= 11 is 0. The number of benzene rings is 3. The maximum absolute atomic E-state index is 3.82. The van der Waals surface area contributed by atoms with Gasteiger partial charge in [0.15, 0.2) is 0 Å². The third kappa shape index (κ3) is 3.31. The fraction of sp³-hybridized carbons (Fsp3) is 0.217. The fourth-order valence-corrected chi connectivity index (χ4v) is 3.84. The molecule has 3 aromatic carbocycles. The minimum Gasteiger partial charge on any atom is -0.376 e. The molecule has 2 heteroatoms. The van der Waals surface area contributed by atoms with Crippen LogP contribution in [0.3, 0.4) is 0 Å². The second-order valence-corrected chi connectivity index (χ2v) is 6.74. The number of hydrogen-bond acceptors (Lipinski definition) is 2. The van der Waals surface area contributed by atoms with Gasteiger partial charge in [0, 0.05) is 11.7 Å². The van der Waals surface area contributed by atoms with Crippen molar-refractivity contribution in [3.05, 3.63) is 101 Å². The lowest BCUT2D eigenvalue weighted by molar-refractivity contribution is 0.529. The summed E-state index contributed by atoms with van der Waals surface area (Å²) in [7, 11) is 2.06.